The third-order valence-corrected chi connectivity index (χ3v) is 4.86. The summed E-state index contributed by atoms with van der Waals surface area (Å²) in [5.74, 6) is 1.44. The van der Waals surface area contributed by atoms with Crippen molar-refractivity contribution in [2.45, 2.75) is 32.4 Å². The molecule has 136 valence electrons. The van der Waals surface area contributed by atoms with Crippen LogP contribution in [0.25, 0.3) is 0 Å². The Hall–Kier alpha value is -1.56. The molecule has 0 spiro atoms. The van der Waals surface area contributed by atoms with Crippen LogP contribution in [-0.4, -0.2) is 31.5 Å². The summed E-state index contributed by atoms with van der Waals surface area (Å²) in [7, 11) is 1.65. The number of aliphatic hydroxyl groups is 1. The molecule has 0 saturated heterocycles. The zero-order chi connectivity index (χ0) is 18.1. The smallest absolute Gasteiger partial charge is 0.162 e. The minimum absolute atomic E-state index is 0.0969. The lowest BCUT2D eigenvalue weighted by Gasteiger charge is -2.17. The summed E-state index contributed by atoms with van der Waals surface area (Å²) in [6.45, 7) is 3.42. The van der Waals surface area contributed by atoms with Crippen molar-refractivity contribution in [1.82, 2.24) is 5.32 Å². The van der Waals surface area contributed by atoms with Crippen LogP contribution in [0.3, 0.4) is 0 Å². The first kappa shape index (κ1) is 19.8. The number of nitrogens with one attached hydrogen (secondary N) is 1. The lowest BCUT2D eigenvalue weighted by atomic mass is 10.1. The molecule has 0 aromatic heterocycles. The van der Waals surface area contributed by atoms with Crippen LogP contribution in [-0.2, 0) is 13.0 Å². The van der Waals surface area contributed by atoms with Crippen LogP contribution in [0, 0.1) is 0 Å². The lowest BCUT2D eigenvalue weighted by molar-refractivity contribution is 0.238. The van der Waals surface area contributed by atoms with Gasteiger partial charge in [-0.3, -0.25) is 0 Å². The third-order valence-electron chi connectivity index (χ3n) is 4.12. The van der Waals surface area contributed by atoms with Crippen molar-refractivity contribution in [3.63, 3.8) is 0 Å². The van der Waals surface area contributed by atoms with Crippen LogP contribution in [0.4, 0.5) is 0 Å². The van der Waals surface area contributed by atoms with E-state index in [2.05, 4.69) is 33.4 Å². The maximum Gasteiger partial charge on any atom is 0.162 e. The van der Waals surface area contributed by atoms with Crippen molar-refractivity contribution in [2.75, 3.05) is 20.3 Å². The van der Waals surface area contributed by atoms with Crippen molar-refractivity contribution in [1.29, 1.82) is 0 Å². The van der Waals surface area contributed by atoms with Gasteiger partial charge in [0.25, 0.3) is 0 Å². The summed E-state index contributed by atoms with van der Waals surface area (Å²) < 4.78 is 12.4. The second-order valence-electron chi connectivity index (χ2n) is 5.85. The summed E-state index contributed by atoms with van der Waals surface area (Å²) >= 11 is 3.60. The first-order chi connectivity index (χ1) is 12.2. The van der Waals surface area contributed by atoms with E-state index in [0.29, 0.717) is 18.9 Å². The summed E-state index contributed by atoms with van der Waals surface area (Å²) in [6, 6.07) is 14.3. The molecule has 0 radical (unpaired) electrons. The molecule has 2 aromatic carbocycles. The fourth-order valence-electron chi connectivity index (χ4n) is 2.50. The minimum Gasteiger partial charge on any atom is -0.493 e. The summed E-state index contributed by atoms with van der Waals surface area (Å²) in [5, 5.41) is 12.6. The van der Waals surface area contributed by atoms with Gasteiger partial charge in [-0.2, -0.15) is 0 Å². The number of aliphatic hydroxyl groups excluding tert-OH is 1. The lowest BCUT2D eigenvalue weighted by Crippen LogP contribution is -2.31. The molecule has 2 aromatic rings. The van der Waals surface area contributed by atoms with Crippen molar-refractivity contribution in [3.8, 4) is 11.5 Å². The molecule has 0 amide bonds. The van der Waals surface area contributed by atoms with Gasteiger partial charge in [-0.05, 0) is 29.7 Å². The molecule has 5 heteroatoms. The molecule has 25 heavy (non-hydrogen) atoms. The number of benzene rings is 2. The molecule has 0 unspecified atom stereocenters. The highest BCUT2D eigenvalue weighted by Crippen LogP contribution is 2.33. The molecular formula is C20H26BrNO3. The van der Waals surface area contributed by atoms with Crippen molar-refractivity contribution in [3.05, 3.63) is 58.1 Å². The van der Waals surface area contributed by atoms with E-state index < -0.39 is 0 Å². The molecule has 2 N–H and O–H groups in total. The van der Waals surface area contributed by atoms with Crippen LogP contribution in [0.5, 0.6) is 11.5 Å². The Morgan fingerprint density at radius 1 is 1.16 bits per heavy atom. The van der Waals surface area contributed by atoms with Gasteiger partial charge in [-0.25, -0.2) is 0 Å². The normalized spacial score (nSPS) is 12.0. The van der Waals surface area contributed by atoms with Gasteiger partial charge < -0.3 is 19.9 Å². The second kappa shape index (κ2) is 10.4. The fourth-order valence-corrected chi connectivity index (χ4v) is 2.96. The summed E-state index contributed by atoms with van der Waals surface area (Å²) in [4.78, 5) is 0. The maximum absolute atomic E-state index is 9.29. The first-order valence-electron chi connectivity index (χ1n) is 8.55. The largest absolute Gasteiger partial charge is 0.493 e. The SMILES string of the molecule is CC[C@H](CO)NCc1cc(OC)c(OCCc2ccccc2)cc1Br. The molecule has 0 aliphatic heterocycles. The quantitative estimate of drug-likeness (QED) is 0.626. The molecule has 2 rings (SSSR count). The number of ether oxygens (including phenoxy) is 2. The van der Waals surface area contributed by atoms with Crippen molar-refractivity contribution >= 4 is 15.9 Å². The van der Waals surface area contributed by atoms with E-state index >= 15 is 0 Å². The highest BCUT2D eigenvalue weighted by atomic mass is 79.9. The van der Waals surface area contributed by atoms with E-state index in [0.717, 1.165) is 28.6 Å². The van der Waals surface area contributed by atoms with Crippen molar-refractivity contribution < 1.29 is 14.6 Å². The van der Waals surface area contributed by atoms with Crippen LogP contribution in [0.2, 0.25) is 0 Å². The van der Waals surface area contributed by atoms with E-state index in [1.165, 1.54) is 5.56 Å². The number of methoxy groups -OCH3 is 1. The Labute approximate surface area is 158 Å². The monoisotopic (exact) mass is 407 g/mol. The Morgan fingerprint density at radius 3 is 2.56 bits per heavy atom. The van der Waals surface area contributed by atoms with E-state index in [4.69, 9.17) is 9.47 Å². The minimum atomic E-state index is 0.0969. The predicted octanol–water partition coefficient (Wildman–Crippen LogP) is 3.94. The second-order valence-corrected chi connectivity index (χ2v) is 6.70. The van der Waals surface area contributed by atoms with Crippen LogP contribution in [0.15, 0.2) is 46.9 Å². The Balaban J connectivity index is 2.00. The average Bonchev–Trinajstić information content (AvgIpc) is 2.64. The van der Waals surface area contributed by atoms with E-state index in [1.54, 1.807) is 7.11 Å². The first-order valence-corrected chi connectivity index (χ1v) is 9.34. The Kier molecular flexibility index (Phi) is 8.25. The van der Waals surface area contributed by atoms with Gasteiger partial charge in [-0.1, -0.05) is 53.2 Å². The molecule has 0 saturated carbocycles. The van der Waals surface area contributed by atoms with Gasteiger partial charge in [0.05, 0.1) is 20.3 Å². The Bertz CT molecular complexity index is 645. The predicted molar refractivity (Wildman–Crippen MR) is 104 cm³/mol. The summed E-state index contributed by atoms with van der Waals surface area (Å²) in [5.41, 5.74) is 2.31. The van der Waals surface area contributed by atoms with Gasteiger partial charge >= 0.3 is 0 Å². The highest BCUT2D eigenvalue weighted by Gasteiger charge is 2.12. The molecule has 0 aliphatic rings. The van der Waals surface area contributed by atoms with Gasteiger partial charge in [0.2, 0.25) is 0 Å². The van der Waals surface area contributed by atoms with E-state index in [9.17, 15) is 5.11 Å². The molecule has 0 heterocycles. The van der Waals surface area contributed by atoms with Crippen LogP contribution >= 0.6 is 15.9 Å². The fraction of sp³-hybridized carbons (Fsp3) is 0.400. The van der Waals surface area contributed by atoms with E-state index in [-0.39, 0.29) is 12.6 Å². The van der Waals surface area contributed by atoms with Gasteiger partial charge in [0.15, 0.2) is 11.5 Å². The molecular weight excluding hydrogens is 382 g/mol. The Morgan fingerprint density at radius 2 is 1.92 bits per heavy atom. The average molecular weight is 408 g/mol. The van der Waals surface area contributed by atoms with Gasteiger partial charge in [0.1, 0.15) is 0 Å². The van der Waals surface area contributed by atoms with Gasteiger partial charge in [-0.15, -0.1) is 0 Å². The molecule has 0 aliphatic carbocycles. The van der Waals surface area contributed by atoms with Gasteiger partial charge in [0, 0.05) is 23.5 Å². The number of rotatable bonds is 10. The van der Waals surface area contributed by atoms with Crippen LogP contribution in [0.1, 0.15) is 24.5 Å². The third kappa shape index (κ3) is 6.03. The zero-order valence-corrected chi connectivity index (χ0v) is 16.4. The van der Waals surface area contributed by atoms with E-state index in [1.807, 2.05) is 37.3 Å². The van der Waals surface area contributed by atoms with Crippen molar-refractivity contribution in [2.24, 2.45) is 0 Å². The number of hydrogen-bond acceptors (Lipinski definition) is 4. The molecule has 1 atom stereocenters. The molecule has 0 bridgehead atoms. The topological polar surface area (TPSA) is 50.7 Å². The van der Waals surface area contributed by atoms with Crippen LogP contribution < -0.4 is 14.8 Å². The highest BCUT2D eigenvalue weighted by molar-refractivity contribution is 9.10. The molecule has 4 nitrogen and oxygen atoms in total. The molecule has 0 fully saturated rings. The number of hydrogen-bond donors (Lipinski definition) is 2. The maximum atomic E-state index is 9.29. The standard InChI is InChI=1S/C20H26BrNO3/c1-3-17(14-23)22-13-16-11-19(24-2)20(12-18(16)21)25-10-9-15-7-5-4-6-8-15/h4-8,11-12,17,22-23H,3,9-10,13-14H2,1-2H3/t17-/m1/s1. The zero-order valence-electron chi connectivity index (χ0n) is 14.8. The summed E-state index contributed by atoms with van der Waals surface area (Å²) in [6.07, 6.45) is 1.73. The number of halogens is 1.